The number of aryl methyl sites for hydroxylation is 1. The van der Waals surface area contributed by atoms with Crippen molar-refractivity contribution in [1.29, 1.82) is 0 Å². The molecule has 1 N–H and O–H groups in total. The molecule has 8 heteroatoms. The van der Waals surface area contributed by atoms with Gasteiger partial charge < -0.3 is 15.0 Å². The fourth-order valence-corrected chi connectivity index (χ4v) is 3.96. The Bertz CT molecular complexity index is 1210. The number of fused-ring (bicyclic) bond motifs is 1. The van der Waals surface area contributed by atoms with Crippen LogP contribution in [0.15, 0.2) is 72.8 Å². The predicted molar refractivity (Wildman–Crippen MR) is 123 cm³/mol. The van der Waals surface area contributed by atoms with Crippen LogP contribution in [0, 0.1) is 0 Å². The number of para-hydroxylation sites is 2. The quantitative estimate of drug-likeness (QED) is 0.469. The van der Waals surface area contributed by atoms with E-state index < -0.39 is 23.8 Å². The number of amides is 1. The van der Waals surface area contributed by atoms with Gasteiger partial charge in [-0.05, 0) is 61.7 Å². The predicted octanol–water partition coefficient (Wildman–Crippen LogP) is 5.97. The van der Waals surface area contributed by atoms with E-state index in [0.29, 0.717) is 6.54 Å². The summed E-state index contributed by atoms with van der Waals surface area (Å²) < 4.78 is 44.6. The minimum absolute atomic E-state index is 0.110. The Labute approximate surface area is 195 Å². The summed E-state index contributed by atoms with van der Waals surface area (Å²) in [6, 6.07) is 18.6. The molecule has 1 heterocycles. The number of hydrogen-bond donors (Lipinski definition) is 1. The van der Waals surface area contributed by atoms with E-state index in [9.17, 15) is 22.8 Å². The summed E-state index contributed by atoms with van der Waals surface area (Å²) in [6.07, 6.45) is -3.84. The lowest BCUT2D eigenvalue weighted by molar-refractivity contribution is -0.137. The number of anilines is 3. The van der Waals surface area contributed by atoms with E-state index in [0.717, 1.165) is 36.2 Å². The Balaban J connectivity index is 1.50. The lowest BCUT2D eigenvalue weighted by Gasteiger charge is -2.31. The lowest BCUT2D eigenvalue weighted by atomic mass is 10.0. The number of nitrogens with one attached hydrogen (secondary N) is 1. The van der Waals surface area contributed by atoms with Gasteiger partial charge in [0.15, 0.2) is 6.10 Å². The molecule has 3 aromatic rings. The SMILES string of the molecule is C[C@H](OC(=O)c1ccccc1Nc1cccc(C(F)(F)F)c1)C(=O)N1CCCc2ccccc21. The fourth-order valence-electron chi connectivity index (χ4n) is 3.96. The highest BCUT2D eigenvalue weighted by Gasteiger charge is 2.31. The molecular weight excluding hydrogens is 445 g/mol. The van der Waals surface area contributed by atoms with Crippen LogP contribution < -0.4 is 10.2 Å². The van der Waals surface area contributed by atoms with Gasteiger partial charge in [-0.25, -0.2) is 4.79 Å². The molecular formula is C26H23F3N2O3. The number of rotatable bonds is 5. The molecule has 0 spiro atoms. The van der Waals surface area contributed by atoms with E-state index in [1.807, 2.05) is 24.3 Å². The first-order chi connectivity index (χ1) is 16.2. The summed E-state index contributed by atoms with van der Waals surface area (Å²) in [7, 11) is 0. The molecule has 1 atom stereocenters. The summed E-state index contributed by atoms with van der Waals surface area (Å²) in [5, 5.41) is 2.85. The van der Waals surface area contributed by atoms with E-state index in [1.54, 1.807) is 23.1 Å². The van der Waals surface area contributed by atoms with Gasteiger partial charge >= 0.3 is 12.1 Å². The third-order valence-corrected chi connectivity index (χ3v) is 5.62. The standard InChI is InChI=1S/C26H23F3N2O3/c1-17(24(32)31-15-7-9-18-8-2-5-14-23(18)31)34-25(33)21-12-3-4-13-22(21)30-20-11-6-10-19(16-20)26(27,28)29/h2-6,8,10-14,16-17,30H,7,9,15H2,1H3/t17-/m0/s1. The van der Waals surface area contributed by atoms with Gasteiger partial charge in [0.05, 0.1) is 16.8 Å². The van der Waals surface area contributed by atoms with Crippen molar-refractivity contribution >= 4 is 28.9 Å². The number of carbonyl (C=O) groups is 2. The van der Waals surface area contributed by atoms with Gasteiger partial charge in [0.2, 0.25) is 0 Å². The number of esters is 1. The molecule has 4 rings (SSSR count). The van der Waals surface area contributed by atoms with Crippen LogP contribution in [0.3, 0.4) is 0 Å². The maximum atomic E-state index is 13.1. The molecule has 0 bridgehead atoms. The van der Waals surface area contributed by atoms with E-state index in [4.69, 9.17) is 4.74 Å². The van der Waals surface area contributed by atoms with Gasteiger partial charge in [-0.15, -0.1) is 0 Å². The van der Waals surface area contributed by atoms with Gasteiger partial charge in [0.1, 0.15) is 0 Å². The van der Waals surface area contributed by atoms with Gasteiger partial charge in [-0.2, -0.15) is 13.2 Å². The first-order valence-electron chi connectivity index (χ1n) is 10.9. The van der Waals surface area contributed by atoms with Crippen molar-refractivity contribution < 1.29 is 27.5 Å². The second kappa shape index (κ2) is 9.59. The molecule has 0 unspecified atom stereocenters. The average molecular weight is 468 g/mol. The summed E-state index contributed by atoms with van der Waals surface area (Å²) in [6.45, 7) is 2.05. The number of carbonyl (C=O) groups excluding carboxylic acids is 2. The van der Waals surface area contributed by atoms with Crippen molar-refractivity contribution in [3.8, 4) is 0 Å². The Kier molecular flexibility index (Phi) is 6.58. The number of benzene rings is 3. The highest BCUT2D eigenvalue weighted by Crippen LogP contribution is 2.32. The summed E-state index contributed by atoms with van der Waals surface area (Å²) in [5.41, 5.74) is 1.63. The molecule has 0 fully saturated rings. The maximum Gasteiger partial charge on any atom is 0.416 e. The van der Waals surface area contributed by atoms with E-state index >= 15 is 0 Å². The topological polar surface area (TPSA) is 58.6 Å². The van der Waals surface area contributed by atoms with Gasteiger partial charge in [0, 0.05) is 17.9 Å². The van der Waals surface area contributed by atoms with Crippen LogP contribution >= 0.6 is 0 Å². The molecule has 1 aliphatic heterocycles. The second-order valence-electron chi connectivity index (χ2n) is 8.02. The summed E-state index contributed by atoms with van der Waals surface area (Å²) in [5.74, 6) is -1.08. The molecule has 0 aliphatic carbocycles. The van der Waals surface area contributed by atoms with Crippen LogP contribution in [0.1, 0.15) is 34.8 Å². The summed E-state index contributed by atoms with van der Waals surface area (Å²) in [4.78, 5) is 27.6. The molecule has 1 amide bonds. The largest absolute Gasteiger partial charge is 0.449 e. The average Bonchev–Trinajstić information content (AvgIpc) is 2.83. The fraction of sp³-hybridized carbons (Fsp3) is 0.231. The maximum absolute atomic E-state index is 13.1. The first kappa shape index (κ1) is 23.4. The van der Waals surface area contributed by atoms with E-state index in [2.05, 4.69) is 5.32 Å². The Morgan fingerprint density at radius 2 is 1.74 bits per heavy atom. The van der Waals surface area contributed by atoms with Crippen LogP contribution in [-0.2, 0) is 22.1 Å². The molecule has 0 saturated heterocycles. The van der Waals surface area contributed by atoms with Crippen LogP contribution in [0.2, 0.25) is 0 Å². The minimum atomic E-state index is -4.49. The van der Waals surface area contributed by atoms with Gasteiger partial charge in [-0.3, -0.25) is 4.79 Å². The zero-order chi connectivity index (χ0) is 24.3. The normalized spacial score (nSPS) is 14.2. The highest BCUT2D eigenvalue weighted by atomic mass is 19.4. The van der Waals surface area contributed by atoms with Crippen LogP contribution in [0.5, 0.6) is 0 Å². The smallest absolute Gasteiger partial charge is 0.416 e. The molecule has 1 aliphatic rings. The van der Waals surface area contributed by atoms with Crippen LogP contribution in [0.25, 0.3) is 0 Å². The molecule has 34 heavy (non-hydrogen) atoms. The first-order valence-corrected chi connectivity index (χ1v) is 10.9. The Morgan fingerprint density at radius 1 is 1.00 bits per heavy atom. The van der Waals surface area contributed by atoms with E-state index in [1.165, 1.54) is 25.1 Å². The highest BCUT2D eigenvalue weighted by molar-refractivity contribution is 6.01. The van der Waals surface area contributed by atoms with Crippen LogP contribution in [-0.4, -0.2) is 24.5 Å². The molecule has 176 valence electrons. The molecule has 3 aromatic carbocycles. The number of alkyl halides is 3. The number of halogens is 3. The van der Waals surface area contributed by atoms with Crippen molar-refractivity contribution in [3.63, 3.8) is 0 Å². The number of nitrogens with zero attached hydrogens (tertiary/aromatic N) is 1. The minimum Gasteiger partial charge on any atom is -0.449 e. The second-order valence-corrected chi connectivity index (χ2v) is 8.02. The van der Waals surface area contributed by atoms with Crippen molar-refractivity contribution in [2.24, 2.45) is 0 Å². The van der Waals surface area contributed by atoms with Crippen molar-refractivity contribution in [1.82, 2.24) is 0 Å². The Hall–Kier alpha value is -3.81. The Morgan fingerprint density at radius 3 is 2.53 bits per heavy atom. The molecule has 0 saturated carbocycles. The third kappa shape index (κ3) is 5.06. The monoisotopic (exact) mass is 468 g/mol. The van der Waals surface area contributed by atoms with Crippen molar-refractivity contribution in [3.05, 3.63) is 89.5 Å². The summed E-state index contributed by atoms with van der Waals surface area (Å²) >= 11 is 0. The molecule has 0 aromatic heterocycles. The van der Waals surface area contributed by atoms with Crippen LogP contribution in [0.4, 0.5) is 30.2 Å². The van der Waals surface area contributed by atoms with Gasteiger partial charge in [0.25, 0.3) is 5.91 Å². The zero-order valence-corrected chi connectivity index (χ0v) is 18.4. The van der Waals surface area contributed by atoms with Crippen molar-refractivity contribution in [2.45, 2.75) is 32.0 Å². The molecule has 5 nitrogen and oxygen atoms in total. The zero-order valence-electron chi connectivity index (χ0n) is 18.4. The van der Waals surface area contributed by atoms with E-state index in [-0.39, 0.29) is 22.8 Å². The van der Waals surface area contributed by atoms with Gasteiger partial charge in [-0.1, -0.05) is 36.4 Å². The molecule has 0 radical (unpaired) electrons. The lowest BCUT2D eigenvalue weighted by Crippen LogP contribution is -2.42. The van der Waals surface area contributed by atoms with Crippen molar-refractivity contribution in [2.75, 3.05) is 16.8 Å². The number of hydrogen-bond acceptors (Lipinski definition) is 4. The third-order valence-electron chi connectivity index (χ3n) is 5.62. The number of ether oxygens (including phenoxy) is 1.